The van der Waals surface area contributed by atoms with E-state index in [1.54, 1.807) is 0 Å². The summed E-state index contributed by atoms with van der Waals surface area (Å²) in [6, 6.07) is 0.501. The molecule has 0 aliphatic heterocycles. The Kier molecular flexibility index (Phi) is 5.31. The fourth-order valence-electron chi connectivity index (χ4n) is 2.76. The molecule has 0 N–H and O–H groups in total. The monoisotopic (exact) mass is 396 g/mol. The van der Waals surface area contributed by atoms with Crippen molar-refractivity contribution < 1.29 is 45.4 Å². The van der Waals surface area contributed by atoms with Gasteiger partial charge in [-0.1, -0.05) is 13.8 Å². The summed E-state index contributed by atoms with van der Waals surface area (Å²) in [7, 11) is 0.927. The molecule has 27 heavy (non-hydrogen) atoms. The van der Waals surface area contributed by atoms with E-state index in [0.29, 0.717) is 0 Å². The lowest BCUT2D eigenvalue weighted by atomic mass is 10.1. The predicted octanol–water partition coefficient (Wildman–Crippen LogP) is 4.00. The number of halogens is 6. The minimum atomic E-state index is -4.59. The zero-order chi connectivity index (χ0) is 20.7. The summed E-state index contributed by atoms with van der Waals surface area (Å²) in [5.41, 5.74) is -2.70. The van der Waals surface area contributed by atoms with Gasteiger partial charge in [-0.15, -0.1) is 0 Å². The van der Waals surface area contributed by atoms with Crippen LogP contribution < -0.4 is 0 Å². The lowest BCUT2D eigenvalue weighted by molar-refractivity contribution is -0.243. The number of carbonyl (C=O) groups excluding carboxylic acids is 2. The van der Waals surface area contributed by atoms with E-state index < -0.39 is 64.1 Å². The van der Waals surface area contributed by atoms with Gasteiger partial charge in [0.15, 0.2) is 17.5 Å². The standard InChI is InChI=1S/C17H14F6O4/c1-16(2)8(6-10(19)14(24)26-3)11(16)15(25)27-17(22,23)7-4-5-9(18)13(21)12(7)20/h4-6,8,11H,1-3H3/b10-6+/t8-,11-/m0/s1. The SMILES string of the molecule is COC(=O)/C(F)=C\[C@H]1[C@@H](C(=O)OC(F)(F)c2ccc(F)c(F)c2F)C1(C)C. The average molecular weight is 396 g/mol. The Morgan fingerprint density at radius 2 is 1.74 bits per heavy atom. The first-order valence-electron chi connectivity index (χ1n) is 7.54. The molecule has 2 atom stereocenters. The van der Waals surface area contributed by atoms with Crippen LogP contribution in [0.3, 0.4) is 0 Å². The first-order chi connectivity index (χ1) is 12.3. The summed E-state index contributed by atoms with van der Waals surface area (Å²) in [6.45, 7) is 2.86. The molecule has 0 unspecified atom stereocenters. The Morgan fingerprint density at radius 1 is 1.15 bits per heavy atom. The number of carbonyl (C=O) groups is 2. The molecule has 0 amide bonds. The van der Waals surface area contributed by atoms with Crippen LogP contribution in [0, 0.1) is 34.7 Å². The Bertz CT molecular complexity index is 818. The second kappa shape index (κ2) is 6.90. The number of ether oxygens (including phenoxy) is 2. The van der Waals surface area contributed by atoms with E-state index in [4.69, 9.17) is 0 Å². The van der Waals surface area contributed by atoms with Crippen molar-refractivity contribution in [2.75, 3.05) is 7.11 Å². The van der Waals surface area contributed by atoms with E-state index in [0.717, 1.165) is 13.2 Å². The maximum Gasteiger partial charge on any atom is 0.431 e. The van der Waals surface area contributed by atoms with Crippen LogP contribution in [-0.4, -0.2) is 19.0 Å². The van der Waals surface area contributed by atoms with Crippen LogP contribution in [0.25, 0.3) is 0 Å². The summed E-state index contributed by atoms with van der Waals surface area (Å²) in [5.74, 6) is -12.4. The van der Waals surface area contributed by atoms with Gasteiger partial charge in [-0.25, -0.2) is 18.0 Å². The van der Waals surface area contributed by atoms with Crippen molar-refractivity contribution in [2.45, 2.75) is 20.0 Å². The third kappa shape index (κ3) is 3.79. The van der Waals surface area contributed by atoms with E-state index in [-0.39, 0.29) is 12.1 Å². The molecule has 4 nitrogen and oxygen atoms in total. The maximum atomic E-state index is 14.1. The van der Waals surface area contributed by atoms with Crippen LogP contribution in [0.1, 0.15) is 19.4 Å². The lowest BCUT2D eigenvalue weighted by Gasteiger charge is -2.18. The number of hydrogen-bond donors (Lipinski definition) is 0. The summed E-state index contributed by atoms with van der Waals surface area (Å²) in [6.07, 6.45) is -3.85. The lowest BCUT2D eigenvalue weighted by Crippen LogP contribution is -2.26. The molecule has 0 heterocycles. The van der Waals surface area contributed by atoms with Crippen LogP contribution in [0.2, 0.25) is 0 Å². The summed E-state index contributed by atoms with van der Waals surface area (Å²) in [4.78, 5) is 23.1. The first kappa shape index (κ1) is 20.8. The molecule has 0 bridgehead atoms. The third-order valence-corrected chi connectivity index (χ3v) is 4.45. The van der Waals surface area contributed by atoms with Gasteiger partial charge in [-0.2, -0.15) is 13.2 Å². The molecule has 148 valence electrons. The number of alkyl halides is 2. The van der Waals surface area contributed by atoms with Crippen molar-refractivity contribution in [1.82, 2.24) is 0 Å². The molecular formula is C17H14F6O4. The molecule has 0 radical (unpaired) electrons. The van der Waals surface area contributed by atoms with E-state index in [9.17, 15) is 35.9 Å². The molecule has 0 spiro atoms. The Morgan fingerprint density at radius 3 is 2.30 bits per heavy atom. The Hall–Kier alpha value is -2.52. The van der Waals surface area contributed by atoms with Crippen molar-refractivity contribution in [1.29, 1.82) is 0 Å². The predicted molar refractivity (Wildman–Crippen MR) is 78.3 cm³/mol. The van der Waals surface area contributed by atoms with E-state index in [1.165, 1.54) is 13.8 Å². The highest BCUT2D eigenvalue weighted by Gasteiger charge is 2.63. The fourth-order valence-corrected chi connectivity index (χ4v) is 2.76. The van der Waals surface area contributed by atoms with E-state index in [2.05, 4.69) is 9.47 Å². The van der Waals surface area contributed by atoms with E-state index in [1.807, 2.05) is 0 Å². The van der Waals surface area contributed by atoms with Crippen LogP contribution in [0.15, 0.2) is 24.0 Å². The second-order valence-corrected chi connectivity index (χ2v) is 6.49. The molecule has 1 aromatic rings. The van der Waals surface area contributed by atoms with Gasteiger partial charge in [0.05, 0.1) is 13.0 Å². The van der Waals surface area contributed by atoms with Crippen molar-refractivity contribution in [2.24, 2.45) is 17.3 Å². The van der Waals surface area contributed by atoms with Gasteiger partial charge in [0.2, 0.25) is 5.83 Å². The van der Waals surface area contributed by atoms with Gasteiger partial charge in [0.25, 0.3) is 0 Å². The van der Waals surface area contributed by atoms with E-state index >= 15 is 0 Å². The molecule has 1 aliphatic rings. The zero-order valence-corrected chi connectivity index (χ0v) is 14.3. The number of allylic oxidation sites excluding steroid dienone is 1. The van der Waals surface area contributed by atoms with Gasteiger partial charge >= 0.3 is 18.0 Å². The maximum absolute atomic E-state index is 14.1. The molecule has 2 rings (SSSR count). The number of methoxy groups -OCH3 is 1. The average Bonchev–Trinajstić information content (AvgIpc) is 3.11. The summed E-state index contributed by atoms with van der Waals surface area (Å²) < 4.78 is 89.4. The largest absolute Gasteiger partial charge is 0.464 e. The molecule has 1 saturated carbocycles. The first-order valence-corrected chi connectivity index (χ1v) is 7.54. The van der Waals surface area contributed by atoms with Gasteiger partial charge in [-0.05, 0) is 29.5 Å². The zero-order valence-electron chi connectivity index (χ0n) is 14.3. The highest BCUT2D eigenvalue weighted by atomic mass is 19.3. The second-order valence-electron chi connectivity index (χ2n) is 6.49. The van der Waals surface area contributed by atoms with Crippen LogP contribution in [0.4, 0.5) is 26.3 Å². The molecule has 1 aliphatic carbocycles. The smallest absolute Gasteiger partial charge is 0.431 e. The Labute approximate surface area is 149 Å². The molecule has 1 fully saturated rings. The molecule has 10 heteroatoms. The van der Waals surface area contributed by atoms with Crippen molar-refractivity contribution in [3.63, 3.8) is 0 Å². The van der Waals surface area contributed by atoms with Gasteiger partial charge in [0, 0.05) is 0 Å². The quantitative estimate of drug-likeness (QED) is 0.327. The summed E-state index contributed by atoms with van der Waals surface area (Å²) in [5, 5.41) is 0. The van der Waals surface area contributed by atoms with Crippen LogP contribution in [0.5, 0.6) is 0 Å². The topological polar surface area (TPSA) is 52.6 Å². The Balaban J connectivity index is 2.22. The van der Waals surface area contributed by atoms with Crippen molar-refractivity contribution in [3.05, 3.63) is 47.1 Å². The van der Waals surface area contributed by atoms with Crippen molar-refractivity contribution in [3.8, 4) is 0 Å². The third-order valence-electron chi connectivity index (χ3n) is 4.45. The molecular weight excluding hydrogens is 382 g/mol. The summed E-state index contributed by atoms with van der Waals surface area (Å²) >= 11 is 0. The minimum absolute atomic E-state index is 0.243. The van der Waals surface area contributed by atoms with Gasteiger partial charge in [0.1, 0.15) is 5.56 Å². The number of benzene rings is 1. The highest BCUT2D eigenvalue weighted by molar-refractivity contribution is 5.86. The number of rotatable bonds is 5. The van der Waals surface area contributed by atoms with Gasteiger partial charge < -0.3 is 9.47 Å². The van der Waals surface area contributed by atoms with Gasteiger partial charge in [-0.3, -0.25) is 4.79 Å². The number of hydrogen-bond acceptors (Lipinski definition) is 4. The molecule has 1 aromatic carbocycles. The molecule has 0 saturated heterocycles. The minimum Gasteiger partial charge on any atom is -0.464 e. The van der Waals surface area contributed by atoms with Crippen molar-refractivity contribution >= 4 is 11.9 Å². The fraction of sp³-hybridized carbons (Fsp3) is 0.412. The van der Waals surface area contributed by atoms with Crippen LogP contribution in [-0.2, 0) is 25.2 Å². The van der Waals surface area contributed by atoms with Crippen LogP contribution >= 0.6 is 0 Å². The normalized spacial score (nSPS) is 21.6. The number of esters is 2. The molecule has 0 aromatic heterocycles. The highest BCUT2D eigenvalue weighted by Crippen LogP contribution is 2.60.